The van der Waals surface area contributed by atoms with Gasteiger partial charge in [0.25, 0.3) is 0 Å². The van der Waals surface area contributed by atoms with E-state index in [4.69, 9.17) is 0 Å². The second-order valence-corrected chi connectivity index (χ2v) is 6.99. The van der Waals surface area contributed by atoms with Crippen molar-refractivity contribution >= 4 is 10.9 Å². The maximum Gasteiger partial charge on any atom is 0.416 e. The highest BCUT2D eigenvalue weighted by molar-refractivity contribution is 5.80. The van der Waals surface area contributed by atoms with Crippen LogP contribution in [-0.2, 0) is 12.7 Å². The number of rotatable bonds is 3. The van der Waals surface area contributed by atoms with Gasteiger partial charge in [-0.3, -0.25) is 4.90 Å². The lowest BCUT2D eigenvalue weighted by molar-refractivity contribution is -0.137. The monoisotopic (exact) mass is 358 g/mol. The molecule has 2 aromatic carbocycles. The molecule has 0 aliphatic carbocycles. The molecule has 0 bridgehead atoms. The fraction of sp³-hybridized carbons (Fsp3) is 0.333. The van der Waals surface area contributed by atoms with Gasteiger partial charge >= 0.3 is 6.18 Å². The smallest absolute Gasteiger partial charge is 0.357 e. The van der Waals surface area contributed by atoms with Gasteiger partial charge in [0.05, 0.1) is 11.6 Å². The summed E-state index contributed by atoms with van der Waals surface area (Å²) in [4.78, 5) is 5.79. The number of H-pyrrole nitrogens is 1. The first kappa shape index (κ1) is 17.2. The summed E-state index contributed by atoms with van der Waals surface area (Å²) in [5.41, 5.74) is 2.39. The number of aromatic nitrogens is 1. The third-order valence-electron chi connectivity index (χ3n) is 5.16. The summed E-state index contributed by atoms with van der Waals surface area (Å²) in [6.07, 6.45) is -1.06. The van der Waals surface area contributed by atoms with Gasteiger partial charge in [0.15, 0.2) is 0 Å². The molecule has 1 atom stereocenters. The molecule has 1 saturated heterocycles. The molecule has 1 aliphatic heterocycles. The van der Waals surface area contributed by atoms with Gasteiger partial charge in [-0.15, -0.1) is 0 Å². The van der Waals surface area contributed by atoms with E-state index in [1.807, 2.05) is 12.1 Å². The Bertz CT molecular complexity index is 864. The minimum absolute atomic E-state index is 0.214. The lowest BCUT2D eigenvalue weighted by atomic mass is 9.98. The summed E-state index contributed by atoms with van der Waals surface area (Å²) in [6.45, 7) is 1.43. The van der Waals surface area contributed by atoms with Crippen LogP contribution in [0.2, 0.25) is 0 Å². The molecule has 1 N–H and O–H groups in total. The summed E-state index contributed by atoms with van der Waals surface area (Å²) >= 11 is 0. The first-order valence-corrected chi connectivity index (χ1v) is 8.98. The Morgan fingerprint density at radius 3 is 2.65 bits per heavy atom. The molecule has 26 heavy (non-hydrogen) atoms. The van der Waals surface area contributed by atoms with E-state index < -0.39 is 11.7 Å². The first-order valence-electron chi connectivity index (χ1n) is 8.98. The van der Waals surface area contributed by atoms with Gasteiger partial charge in [0.2, 0.25) is 0 Å². The number of para-hydroxylation sites is 1. The van der Waals surface area contributed by atoms with Gasteiger partial charge in [-0.1, -0.05) is 42.8 Å². The second-order valence-electron chi connectivity index (χ2n) is 6.99. The van der Waals surface area contributed by atoms with Crippen molar-refractivity contribution in [3.8, 4) is 0 Å². The van der Waals surface area contributed by atoms with Gasteiger partial charge in [-0.2, -0.15) is 13.2 Å². The topological polar surface area (TPSA) is 19.0 Å². The van der Waals surface area contributed by atoms with E-state index in [1.165, 1.54) is 17.5 Å². The van der Waals surface area contributed by atoms with Crippen LogP contribution in [0.25, 0.3) is 10.9 Å². The van der Waals surface area contributed by atoms with Gasteiger partial charge < -0.3 is 4.98 Å². The number of likely N-dealkylation sites (tertiary alicyclic amines) is 1. The Kier molecular flexibility index (Phi) is 4.49. The second kappa shape index (κ2) is 6.80. The minimum Gasteiger partial charge on any atom is -0.357 e. The van der Waals surface area contributed by atoms with Crippen molar-refractivity contribution in [2.75, 3.05) is 6.54 Å². The van der Waals surface area contributed by atoms with Crippen molar-refractivity contribution in [3.05, 3.63) is 71.4 Å². The molecule has 5 heteroatoms. The maximum atomic E-state index is 13.0. The van der Waals surface area contributed by atoms with E-state index in [0.717, 1.165) is 43.1 Å². The number of hydrogen-bond donors (Lipinski definition) is 1. The van der Waals surface area contributed by atoms with Crippen molar-refractivity contribution < 1.29 is 13.2 Å². The molecular formula is C21H21F3N2. The minimum atomic E-state index is -4.30. The van der Waals surface area contributed by atoms with Gasteiger partial charge in [-0.05, 0) is 48.5 Å². The molecule has 1 aromatic heterocycles. The molecule has 136 valence electrons. The Hall–Kier alpha value is -2.27. The van der Waals surface area contributed by atoms with Crippen LogP contribution in [0.5, 0.6) is 0 Å². The van der Waals surface area contributed by atoms with Crippen molar-refractivity contribution in [1.82, 2.24) is 9.88 Å². The number of nitrogens with zero attached hydrogens (tertiary/aromatic N) is 1. The molecule has 1 unspecified atom stereocenters. The highest BCUT2D eigenvalue weighted by atomic mass is 19.4. The number of aromatic amines is 1. The largest absolute Gasteiger partial charge is 0.416 e. The SMILES string of the molecule is FC(F)(F)c1cccc(CN2CCCCC2c2cc3ccccc3[nH]2)c1. The van der Waals surface area contributed by atoms with Crippen LogP contribution in [-0.4, -0.2) is 16.4 Å². The molecule has 3 aromatic rings. The van der Waals surface area contributed by atoms with Crippen LogP contribution in [0, 0.1) is 0 Å². The maximum absolute atomic E-state index is 13.0. The Morgan fingerprint density at radius 1 is 1.00 bits per heavy atom. The van der Waals surface area contributed by atoms with Gasteiger partial charge in [0, 0.05) is 17.8 Å². The molecule has 2 nitrogen and oxygen atoms in total. The number of hydrogen-bond acceptors (Lipinski definition) is 1. The van der Waals surface area contributed by atoms with Crippen LogP contribution in [0.3, 0.4) is 0 Å². The molecule has 0 amide bonds. The summed E-state index contributed by atoms with van der Waals surface area (Å²) in [7, 11) is 0. The van der Waals surface area contributed by atoms with E-state index in [1.54, 1.807) is 6.07 Å². The van der Waals surface area contributed by atoms with Crippen LogP contribution in [0.15, 0.2) is 54.6 Å². The third kappa shape index (κ3) is 3.49. The van der Waals surface area contributed by atoms with Crippen molar-refractivity contribution in [3.63, 3.8) is 0 Å². The lowest BCUT2D eigenvalue weighted by Crippen LogP contribution is -2.33. The number of benzene rings is 2. The van der Waals surface area contributed by atoms with Crippen molar-refractivity contribution in [2.45, 2.75) is 38.0 Å². The average Bonchev–Trinajstić information content (AvgIpc) is 3.06. The van der Waals surface area contributed by atoms with E-state index in [0.29, 0.717) is 12.1 Å². The Morgan fingerprint density at radius 2 is 1.85 bits per heavy atom. The number of alkyl halides is 3. The van der Waals surface area contributed by atoms with E-state index in [-0.39, 0.29) is 6.04 Å². The fourth-order valence-electron chi connectivity index (χ4n) is 3.89. The van der Waals surface area contributed by atoms with Crippen LogP contribution in [0.4, 0.5) is 13.2 Å². The summed E-state index contributed by atoms with van der Waals surface area (Å²) in [6, 6.07) is 16.2. The Labute approximate surface area is 150 Å². The standard InChI is InChI=1S/C21H21F3N2/c22-21(23,24)17-8-5-6-15(12-17)14-26-11-4-3-10-20(26)19-13-16-7-1-2-9-18(16)25-19/h1-2,5-9,12-13,20,25H,3-4,10-11,14H2. The van der Waals surface area contributed by atoms with E-state index in [2.05, 4.69) is 28.1 Å². The van der Waals surface area contributed by atoms with Gasteiger partial charge in [0.1, 0.15) is 0 Å². The normalized spacial score (nSPS) is 19.1. The first-order chi connectivity index (χ1) is 12.5. The lowest BCUT2D eigenvalue weighted by Gasteiger charge is -2.35. The van der Waals surface area contributed by atoms with Gasteiger partial charge in [-0.25, -0.2) is 0 Å². The summed E-state index contributed by atoms with van der Waals surface area (Å²) < 4.78 is 39.0. The van der Waals surface area contributed by atoms with Crippen LogP contribution >= 0.6 is 0 Å². The van der Waals surface area contributed by atoms with Crippen LogP contribution < -0.4 is 0 Å². The van der Waals surface area contributed by atoms with Crippen molar-refractivity contribution in [2.24, 2.45) is 0 Å². The fourth-order valence-corrected chi connectivity index (χ4v) is 3.89. The predicted octanol–water partition coefficient (Wildman–Crippen LogP) is 5.91. The number of fused-ring (bicyclic) bond motifs is 1. The highest BCUT2D eigenvalue weighted by Crippen LogP contribution is 2.34. The number of halogens is 3. The van der Waals surface area contributed by atoms with Crippen molar-refractivity contribution in [1.29, 1.82) is 0 Å². The molecule has 1 fully saturated rings. The van der Waals surface area contributed by atoms with E-state index in [9.17, 15) is 13.2 Å². The zero-order valence-electron chi connectivity index (χ0n) is 14.4. The molecule has 0 saturated carbocycles. The van der Waals surface area contributed by atoms with E-state index >= 15 is 0 Å². The predicted molar refractivity (Wildman–Crippen MR) is 96.7 cm³/mol. The molecular weight excluding hydrogens is 337 g/mol. The molecule has 2 heterocycles. The molecule has 4 rings (SSSR count). The van der Waals surface area contributed by atoms with Crippen LogP contribution in [0.1, 0.15) is 42.1 Å². The number of piperidine rings is 1. The summed E-state index contributed by atoms with van der Waals surface area (Å²) in [5.74, 6) is 0. The molecule has 1 aliphatic rings. The quantitative estimate of drug-likeness (QED) is 0.616. The average molecular weight is 358 g/mol. The highest BCUT2D eigenvalue weighted by Gasteiger charge is 2.31. The summed E-state index contributed by atoms with van der Waals surface area (Å²) in [5, 5.41) is 1.17. The molecule has 0 spiro atoms. The zero-order chi connectivity index (χ0) is 18.1. The zero-order valence-corrected chi connectivity index (χ0v) is 14.4. The molecule has 0 radical (unpaired) electrons. The number of nitrogens with one attached hydrogen (secondary N) is 1. The Balaban J connectivity index is 1.60. The third-order valence-corrected chi connectivity index (χ3v) is 5.16.